The number of ether oxygens (including phenoxy) is 2. The minimum absolute atomic E-state index is 0.205. The van der Waals surface area contributed by atoms with E-state index in [1.165, 1.54) is 0 Å². The highest BCUT2D eigenvalue weighted by Crippen LogP contribution is 2.45. The molecule has 1 fully saturated rings. The summed E-state index contributed by atoms with van der Waals surface area (Å²) in [6, 6.07) is 14.9. The van der Waals surface area contributed by atoms with E-state index in [9.17, 15) is 4.79 Å². The van der Waals surface area contributed by atoms with Gasteiger partial charge in [0.1, 0.15) is 11.5 Å². The number of hydrogen-bond donors (Lipinski definition) is 2. The lowest BCUT2D eigenvalue weighted by Gasteiger charge is -2.19. The normalized spacial score (nSPS) is 14.7. The van der Waals surface area contributed by atoms with Crippen molar-refractivity contribution in [2.75, 3.05) is 19.5 Å². The molecule has 1 aliphatic carbocycles. The van der Waals surface area contributed by atoms with Crippen molar-refractivity contribution in [2.24, 2.45) is 0 Å². The third-order valence-corrected chi connectivity index (χ3v) is 4.09. The fourth-order valence-electron chi connectivity index (χ4n) is 2.57. The number of methoxy groups -OCH3 is 2. The molecule has 0 spiro atoms. The number of amides is 2. The van der Waals surface area contributed by atoms with Crippen molar-refractivity contribution in [1.29, 1.82) is 0 Å². The van der Waals surface area contributed by atoms with Crippen LogP contribution in [0.15, 0.2) is 48.5 Å². The number of rotatable bonds is 5. The molecule has 0 unspecified atom stereocenters. The average molecular weight is 312 g/mol. The first kappa shape index (κ1) is 15.2. The second kappa shape index (κ2) is 6.20. The predicted octanol–water partition coefficient (Wildman–Crippen LogP) is 3.51. The molecule has 3 rings (SSSR count). The lowest BCUT2D eigenvalue weighted by molar-refractivity contribution is 0.247. The van der Waals surface area contributed by atoms with Gasteiger partial charge in [0.15, 0.2) is 0 Å². The van der Waals surface area contributed by atoms with Gasteiger partial charge >= 0.3 is 6.03 Å². The summed E-state index contributed by atoms with van der Waals surface area (Å²) in [5.41, 5.74) is 1.57. The zero-order chi connectivity index (χ0) is 16.3. The SMILES string of the molecule is COc1ccc(NC(=O)NC2(c3ccc(OC)cc3)CC2)cc1. The first-order chi connectivity index (χ1) is 11.1. The number of anilines is 1. The second-order valence-electron chi connectivity index (χ2n) is 5.62. The van der Waals surface area contributed by atoms with Gasteiger partial charge in [-0.05, 0) is 54.8 Å². The smallest absolute Gasteiger partial charge is 0.319 e. The Morgan fingerprint density at radius 1 is 0.913 bits per heavy atom. The van der Waals surface area contributed by atoms with Crippen LogP contribution < -0.4 is 20.1 Å². The van der Waals surface area contributed by atoms with Crippen LogP contribution in [0, 0.1) is 0 Å². The Balaban J connectivity index is 1.64. The van der Waals surface area contributed by atoms with Crippen LogP contribution in [0.3, 0.4) is 0 Å². The summed E-state index contributed by atoms with van der Waals surface area (Å²) in [6.45, 7) is 0. The number of hydrogen-bond acceptors (Lipinski definition) is 3. The minimum atomic E-state index is -0.261. The van der Waals surface area contributed by atoms with Crippen LogP contribution in [0.4, 0.5) is 10.5 Å². The highest BCUT2D eigenvalue weighted by atomic mass is 16.5. The Morgan fingerprint density at radius 2 is 1.43 bits per heavy atom. The first-order valence-corrected chi connectivity index (χ1v) is 7.53. The van der Waals surface area contributed by atoms with Crippen LogP contribution in [0.1, 0.15) is 18.4 Å². The van der Waals surface area contributed by atoms with Crippen LogP contribution in [0.25, 0.3) is 0 Å². The van der Waals surface area contributed by atoms with E-state index in [2.05, 4.69) is 10.6 Å². The second-order valence-corrected chi connectivity index (χ2v) is 5.62. The summed E-state index contributed by atoms with van der Waals surface area (Å²) in [5.74, 6) is 1.57. The van der Waals surface area contributed by atoms with Gasteiger partial charge in [0.05, 0.1) is 19.8 Å². The van der Waals surface area contributed by atoms with E-state index in [4.69, 9.17) is 9.47 Å². The summed E-state index contributed by atoms with van der Waals surface area (Å²) in [5, 5.41) is 5.93. The van der Waals surface area contributed by atoms with Crippen molar-refractivity contribution in [3.05, 3.63) is 54.1 Å². The van der Waals surface area contributed by atoms with Gasteiger partial charge in [-0.25, -0.2) is 4.79 Å². The molecule has 0 bridgehead atoms. The first-order valence-electron chi connectivity index (χ1n) is 7.53. The molecule has 5 heteroatoms. The van der Waals surface area contributed by atoms with Crippen LogP contribution in [0.5, 0.6) is 11.5 Å². The Bertz CT molecular complexity index is 676. The van der Waals surface area contributed by atoms with E-state index in [1.807, 2.05) is 48.5 Å². The minimum Gasteiger partial charge on any atom is -0.497 e. The monoisotopic (exact) mass is 312 g/mol. The standard InChI is InChI=1S/C18H20N2O3/c1-22-15-7-3-13(4-8-15)18(11-12-18)20-17(21)19-14-5-9-16(23-2)10-6-14/h3-10H,11-12H2,1-2H3,(H2,19,20,21). The van der Waals surface area contributed by atoms with E-state index in [0.29, 0.717) is 0 Å². The third kappa shape index (κ3) is 3.39. The molecule has 0 radical (unpaired) electrons. The number of benzene rings is 2. The van der Waals surface area contributed by atoms with Crippen molar-refractivity contribution in [2.45, 2.75) is 18.4 Å². The molecular weight excluding hydrogens is 292 g/mol. The van der Waals surface area contributed by atoms with E-state index >= 15 is 0 Å². The number of urea groups is 1. The van der Waals surface area contributed by atoms with Crippen LogP contribution in [-0.2, 0) is 5.54 Å². The van der Waals surface area contributed by atoms with E-state index < -0.39 is 0 Å². The molecule has 2 amide bonds. The summed E-state index contributed by atoms with van der Waals surface area (Å²) >= 11 is 0. The number of carbonyl (C=O) groups is 1. The van der Waals surface area contributed by atoms with Crippen molar-refractivity contribution in [3.63, 3.8) is 0 Å². The number of nitrogens with one attached hydrogen (secondary N) is 2. The van der Waals surface area contributed by atoms with Gasteiger partial charge in [-0.1, -0.05) is 12.1 Å². The van der Waals surface area contributed by atoms with Crippen molar-refractivity contribution >= 4 is 11.7 Å². The maximum absolute atomic E-state index is 12.2. The van der Waals surface area contributed by atoms with Crippen LogP contribution in [0.2, 0.25) is 0 Å². The Labute approximate surface area is 135 Å². The van der Waals surface area contributed by atoms with E-state index in [1.54, 1.807) is 14.2 Å². The van der Waals surface area contributed by atoms with Gasteiger partial charge in [-0.2, -0.15) is 0 Å². The quantitative estimate of drug-likeness (QED) is 0.888. The molecular formula is C18H20N2O3. The molecule has 1 aliphatic rings. The molecule has 0 aliphatic heterocycles. The largest absolute Gasteiger partial charge is 0.497 e. The maximum atomic E-state index is 12.2. The van der Waals surface area contributed by atoms with Crippen LogP contribution >= 0.6 is 0 Å². The Morgan fingerprint density at radius 3 is 1.91 bits per heavy atom. The summed E-state index contributed by atoms with van der Waals surface area (Å²) < 4.78 is 10.3. The molecule has 0 aromatic heterocycles. The van der Waals surface area contributed by atoms with Crippen molar-refractivity contribution < 1.29 is 14.3 Å². The van der Waals surface area contributed by atoms with Gasteiger partial charge in [0.2, 0.25) is 0 Å². The molecule has 0 atom stereocenters. The molecule has 0 saturated heterocycles. The van der Waals surface area contributed by atoms with Crippen molar-refractivity contribution in [1.82, 2.24) is 5.32 Å². The number of carbonyl (C=O) groups excluding carboxylic acids is 1. The molecule has 2 aromatic carbocycles. The fraction of sp³-hybridized carbons (Fsp3) is 0.278. The summed E-state index contributed by atoms with van der Waals surface area (Å²) in [6.07, 6.45) is 1.88. The molecule has 5 nitrogen and oxygen atoms in total. The summed E-state index contributed by atoms with van der Waals surface area (Å²) in [7, 11) is 3.25. The zero-order valence-corrected chi connectivity index (χ0v) is 13.3. The lowest BCUT2D eigenvalue weighted by Crippen LogP contribution is -2.38. The van der Waals surface area contributed by atoms with E-state index in [0.717, 1.165) is 35.6 Å². The van der Waals surface area contributed by atoms with Crippen LogP contribution in [-0.4, -0.2) is 20.3 Å². The lowest BCUT2D eigenvalue weighted by atomic mass is 10.1. The molecule has 2 aromatic rings. The van der Waals surface area contributed by atoms with Gasteiger partial charge in [0.25, 0.3) is 0 Å². The topological polar surface area (TPSA) is 59.6 Å². The Hall–Kier alpha value is -2.69. The molecule has 2 N–H and O–H groups in total. The van der Waals surface area contributed by atoms with Gasteiger partial charge in [-0.15, -0.1) is 0 Å². The maximum Gasteiger partial charge on any atom is 0.319 e. The van der Waals surface area contributed by atoms with Gasteiger partial charge in [0, 0.05) is 5.69 Å². The van der Waals surface area contributed by atoms with Gasteiger partial charge in [-0.3, -0.25) is 0 Å². The van der Waals surface area contributed by atoms with Crippen molar-refractivity contribution in [3.8, 4) is 11.5 Å². The van der Waals surface area contributed by atoms with E-state index in [-0.39, 0.29) is 11.6 Å². The molecule has 1 saturated carbocycles. The average Bonchev–Trinajstić information content (AvgIpc) is 3.36. The Kier molecular flexibility index (Phi) is 4.10. The van der Waals surface area contributed by atoms with Gasteiger partial charge < -0.3 is 20.1 Å². The highest BCUT2D eigenvalue weighted by molar-refractivity contribution is 5.90. The third-order valence-electron chi connectivity index (χ3n) is 4.09. The molecule has 23 heavy (non-hydrogen) atoms. The summed E-state index contributed by atoms with van der Waals surface area (Å²) in [4.78, 5) is 12.2. The highest BCUT2D eigenvalue weighted by Gasteiger charge is 2.45. The fourth-order valence-corrected chi connectivity index (χ4v) is 2.57. The molecule has 120 valence electrons. The zero-order valence-electron chi connectivity index (χ0n) is 13.3. The predicted molar refractivity (Wildman–Crippen MR) is 89.1 cm³/mol. The molecule has 0 heterocycles.